The van der Waals surface area contributed by atoms with Crippen molar-refractivity contribution in [3.8, 4) is 0 Å². The summed E-state index contributed by atoms with van der Waals surface area (Å²) >= 11 is 0. The molecule has 0 aliphatic rings. The number of ether oxygens (including phenoxy) is 1. The van der Waals surface area contributed by atoms with Crippen LogP contribution >= 0.6 is 0 Å². The smallest absolute Gasteiger partial charge is 0.306 e. The lowest BCUT2D eigenvalue weighted by atomic mass is 9.89. The highest BCUT2D eigenvalue weighted by Gasteiger charge is 2.21. The van der Waals surface area contributed by atoms with Gasteiger partial charge in [0.25, 0.3) is 10.1 Å². The Hall–Kier alpha value is -2.49. The minimum atomic E-state index is -4.17. The molecule has 0 radical (unpaired) electrons. The first-order valence-electron chi connectivity index (χ1n) is 19.4. The number of aliphatic imine (C=N–C) groups is 1. The third kappa shape index (κ3) is 35.7. The van der Waals surface area contributed by atoms with E-state index >= 15 is 0 Å². The van der Waals surface area contributed by atoms with Crippen LogP contribution in [-0.4, -0.2) is 53.9 Å². The van der Waals surface area contributed by atoms with Crippen molar-refractivity contribution in [3.63, 3.8) is 0 Å². The summed E-state index contributed by atoms with van der Waals surface area (Å²) in [6, 6.07) is 0. The standard InChI is InChI=1S/C42H73NO7S/c1-7-8-9-10-11-12-13-14-15-16-17-18-19-20-21-22-23-29-41(45)50-39(34-38(4)35-40(44)43-31-32-51(47,48)49)33-37(3)27-24-26-36(2)28-25-30-42(5,6)46/h8-9,11-12,14-15,17-18,20-21,36-39,46H,7,10,13,16,19,22-35H2,1-6H3,(H,43,44)(H,47,48,49)/p-1/b9-8-,12-11-,15-14-,18-17-,21-20-/t36-,37+,38?,39?/m0/s1. The van der Waals surface area contributed by atoms with Gasteiger partial charge in [-0.15, -0.1) is 0 Å². The summed E-state index contributed by atoms with van der Waals surface area (Å²) in [5.74, 6) is -0.394. The van der Waals surface area contributed by atoms with Crippen LogP contribution < -0.4 is 5.11 Å². The summed E-state index contributed by atoms with van der Waals surface area (Å²) in [6.07, 6.45) is 35.5. The van der Waals surface area contributed by atoms with Gasteiger partial charge in [0.15, 0.2) is 0 Å². The van der Waals surface area contributed by atoms with E-state index in [1.807, 2.05) is 20.8 Å². The predicted molar refractivity (Wildman–Crippen MR) is 212 cm³/mol. The zero-order valence-corrected chi connectivity index (χ0v) is 33.6. The number of rotatable bonds is 31. The lowest BCUT2D eigenvalue weighted by molar-refractivity contribution is -0.220. The summed E-state index contributed by atoms with van der Waals surface area (Å²) < 4.78 is 36.7. The molecular weight excluding hydrogens is 663 g/mol. The number of aliphatic hydroxyl groups is 1. The lowest BCUT2D eigenvalue weighted by Gasteiger charge is -2.26. The molecule has 2 N–H and O–H groups in total. The van der Waals surface area contributed by atoms with Crippen molar-refractivity contribution in [2.24, 2.45) is 22.7 Å². The first-order chi connectivity index (χ1) is 24.1. The quantitative estimate of drug-likeness (QED) is 0.0181. The number of carbonyl (C=O) groups is 1. The van der Waals surface area contributed by atoms with E-state index in [0.717, 1.165) is 77.0 Å². The second-order valence-electron chi connectivity index (χ2n) is 14.9. The molecule has 0 rings (SSSR count). The van der Waals surface area contributed by atoms with Crippen LogP contribution in [0.15, 0.2) is 65.8 Å². The van der Waals surface area contributed by atoms with Crippen LogP contribution in [0.5, 0.6) is 0 Å². The van der Waals surface area contributed by atoms with Gasteiger partial charge in [0.2, 0.25) is 0 Å². The fourth-order valence-electron chi connectivity index (χ4n) is 5.76. The molecule has 0 aliphatic carbocycles. The molecule has 0 amide bonds. The SMILES string of the molecule is CC/C=C\C/C=C\C/C=C\C/C=C\C/C=C\CCCC(=O)OC(CC(C)CC([O-])=NCCS(=O)(=O)O)C[C@H](C)CCC[C@H](C)CCCC(C)(C)O. The molecule has 0 aromatic carbocycles. The molecule has 0 saturated carbocycles. The lowest BCUT2D eigenvalue weighted by Crippen LogP contribution is -2.27. The summed E-state index contributed by atoms with van der Waals surface area (Å²) in [5, 5.41) is 22.3. The Morgan fingerprint density at radius 1 is 0.784 bits per heavy atom. The molecule has 4 atom stereocenters. The first-order valence-corrected chi connectivity index (χ1v) is 21.0. The van der Waals surface area contributed by atoms with Gasteiger partial charge in [-0.3, -0.25) is 9.35 Å². The molecule has 0 bridgehead atoms. The summed E-state index contributed by atoms with van der Waals surface area (Å²) in [4.78, 5) is 16.6. The van der Waals surface area contributed by atoms with E-state index in [1.165, 1.54) is 0 Å². The van der Waals surface area contributed by atoms with Crippen LogP contribution in [0.4, 0.5) is 0 Å². The third-order valence-electron chi connectivity index (χ3n) is 8.58. The maximum Gasteiger partial charge on any atom is 0.306 e. The minimum Gasteiger partial charge on any atom is -0.862 e. The van der Waals surface area contributed by atoms with Crippen molar-refractivity contribution in [2.75, 3.05) is 12.3 Å². The third-order valence-corrected chi connectivity index (χ3v) is 9.28. The molecule has 0 spiro atoms. The molecule has 0 aliphatic heterocycles. The van der Waals surface area contributed by atoms with E-state index < -0.39 is 27.4 Å². The van der Waals surface area contributed by atoms with Crippen molar-refractivity contribution < 1.29 is 32.7 Å². The van der Waals surface area contributed by atoms with Crippen molar-refractivity contribution in [1.29, 1.82) is 0 Å². The zero-order valence-electron chi connectivity index (χ0n) is 32.8. The first kappa shape index (κ1) is 48.5. The molecule has 51 heavy (non-hydrogen) atoms. The number of nitrogens with zero attached hydrogens (tertiary/aromatic N) is 1. The maximum atomic E-state index is 12.9. The maximum absolute atomic E-state index is 12.9. The van der Waals surface area contributed by atoms with Crippen LogP contribution in [0, 0.1) is 17.8 Å². The van der Waals surface area contributed by atoms with E-state index in [0.29, 0.717) is 37.5 Å². The van der Waals surface area contributed by atoms with Crippen LogP contribution in [0.3, 0.4) is 0 Å². The molecule has 0 fully saturated rings. The van der Waals surface area contributed by atoms with Crippen LogP contribution in [0.1, 0.15) is 151 Å². The Kier molecular flexibility index (Phi) is 28.6. The summed E-state index contributed by atoms with van der Waals surface area (Å²) in [5.41, 5.74) is -0.619. The van der Waals surface area contributed by atoms with E-state index in [1.54, 1.807) is 0 Å². The molecule has 0 aromatic rings. The van der Waals surface area contributed by atoms with Crippen LogP contribution in [-0.2, 0) is 19.6 Å². The molecule has 2 unspecified atom stereocenters. The number of carbonyl (C=O) groups excluding carboxylic acids is 1. The number of allylic oxidation sites excluding steroid dienone is 10. The van der Waals surface area contributed by atoms with Crippen LogP contribution in [0.25, 0.3) is 0 Å². The zero-order chi connectivity index (χ0) is 38.4. The molecule has 0 heterocycles. The van der Waals surface area contributed by atoms with Gasteiger partial charge in [-0.2, -0.15) is 8.42 Å². The number of hydrogen-bond acceptors (Lipinski definition) is 7. The fourth-order valence-corrected chi connectivity index (χ4v) is 6.08. The largest absolute Gasteiger partial charge is 0.862 e. The van der Waals surface area contributed by atoms with Gasteiger partial charge in [0.05, 0.1) is 17.9 Å². The Labute approximate surface area is 312 Å². The van der Waals surface area contributed by atoms with Gasteiger partial charge in [0, 0.05) is 6.42 Å². The van der Waals surface area contributed by atoms with E-state index in [9.17, 15) is 23.4 Å². The van der Waals surface area contributed by atoms with E-state index in [2.05, 4.69) is 86.5 Å². The second kappa shape index (κ2) is 30.0. The average Bonchev–Trinajstić information content (AvgIpc) is 3.01. The molecular formula is C42H72NO7S-. The highest BCUT2D eigenvalue weighted by atomic mass is 32.2. The normalized spacial score (nSPS) is 15.9. The Morgan fingerprint density at radius 2 is 1.29 bits per heavy atom. The number of hydrogen-bond donors (Lipinski definition) is 2. The molecule has 8 nitrogen and oxygen atoms in total. The van der Waals surface area contributed by atoms with Crippen molar-refractivity contribution in [2.45, 2.75) is 162 Å². The predicted octanol–water partition coefficient (Wildman–Crippen LogP) is 9.66. The van der Waals surface area contributed by atoms with Gasteiger partial charge in [0.1, 0.15) is 6.10 Å². The second-order valence-corrected chi connectivity index (χ2v) is 16.5. The van der Waals surface area contributed by atoms with Crippen molar-refractivity contribution in [1.82, 2.24) is 0 Å². The minimum absolute atomic E-state index is 0.103. The average molecular weight is 735 g/mol. The van der Waals surface area contributed by atoms with Crippen molar-refractivity contribution >= 4 is 22.0 Å². The molecule has 0 aromatic heterocycles. The Bertz CT molecular complexity index is 1180. The monoisotopic (exact) mass is 735 g/mol. The number of esters is 1. The van der Waals surface area contributed by atoms with Gasteiger partial charge in [-0.05, 0) is 108 Å². The Morgan fingerprint density at radius 3 is 1.84 bits per heavy atom. The molecule has 0 saturated heterocycles. The fraction of sp³-hybridized carbons (Fsp3) is 0.714. The van der Waals surface area contributed by atoms with E-state index in [4.69, 9.17) is 9.29 Å². The van der Waals surface area contributed by atoms with E-state index in [-0.39, 0.29) is 31.0 Å². The summed E-state index contributed by atoms with van der Waals surface area (Å²) in [7, 11) is -4.17. The summed E-state index contributed by atoms with van der Waals surface area (Å²) in [6.45, 7) is 11.9. The Balaban J connectivity index is 4.76. The van der Waals surface area contributed by atoms with Crippen molar-refractivity contribution in [3.05, 3.63) is 60.8 Å². The molecule has 294 valence electrons. The highest BCUT2D eigenvalue weighted by Crippen LogP contribution is 2.25. The van der Waals surface area contributed by atoms with Gasteiger partial charge < -0.3 is 19.9 Å². The van der Waals surface area contributed by atoms with Gasteiger partial charge in [-0.1, -0.05) is 121 Å². The van der Waals surface area contributed by atoms with Gasteiger partial charge >= 0.3 is 5.97 Å². The highest BCUT2D eigenvalue weighted by molar-refractivity contribution is 7.85. The molecule has 9 heteroatoms. The number of unbranched alkanes of at least 4 members (excludes halogenated alkanes) is 1. The van der Waals surface area contributed by atoms with Gasteiger partial charge in [-0.25, -0.2) is 0 Å². The topological polar surface area (TPSA) is 136 Å². The van der Waals surface area contributed by atoms with Crippen LogP contribution in [0.2, 0.25) is 0 Å².